The molecule has 3 aromatic rings. The lowest BCUT2D eigenvalue weighted by Gasteiger charge is -2.08. The number of anilines is 1. The predicted octanol–water partition coefficient (Wildman–Crippen LogP) is 1.67. The zero-order valence-electron chi connectivity index (χ0n) is 9.45. The minimum absolute atomic E-state index is 0.218. The average molecular weight is 238 g/mol. The summed E-state index contributed by atoms with van der Waals surface area (Å²) < 4.78 is 1.32. The molecular formula is C13H10N4O. The molecule has 0 aliphatic rings. The van der Waals surface area contributed by atoms with Crippen LogP contribution in [0.2, 0.25) is 0 Å². The monoisotopic (exact) mass is 238 g/mol. The summed E-state index contributed by atoms with van der Waals surface area (Å²) in [5.74, 6) is 0. The van der Waals surface area contributed by atoms with Crippen molar-refractivity contribution in [2.75, 3.05) is 5.43 Å². The number of benzene rings is 1. The SMILES string of the molecule is O=c1c2ncccc2ncn1Nc1ccccc1. The minimum Gasteiger partial charge on any atom is -0.290 e. The maximum Gasteiger partial charge on any atom is 0.298 e. The molecule has 0 saturated carbocycles. The van der Waals surface area contributed by atoms with Crippen LogP contribution in [0.4, 0.5) is 5.69 Å². The average Bonchev–Trinajstić information content (AvgIpc) is 2.43. The Bertz CT molecular complexity index is 737. The minimum atomic E-state index is -0.218. The second-order valence-electron chi connectivity index (χ2n) is 3.77. The highest BCUT2D eigenvalue weighted by Gasteiger charge is 2.04. The van der Waals surface area contributed by atoms with E-state index in [4.69, 9.17) is 0 Å². The van der Waals surface area contributed by atoms with Gasteiger partial charge < -0.3 is 0 Å². The molecule has 0 spiro atoms. The van der Waals surface area contributed by atoms with Crippen LogP contribution in [-0.2, 0) is 0 Å². The van der Waals surface area contributed by atoms with Crippen molar-refractivity contribution < 1.29 is 0 Å². The molecule has 0 amide bonds. The number of pyridine rings is 1. The van der Waals surface area contributed by atoms with Crippen molar-refractivity contribution >= 4 is 16.7 Å². The first-order chi connectivity index (χ1) is 8.84. The summed E-state index contributed by atoms with van der Waals surface area (Å²) in [4.78, 5) is 20.4. The van der Waals surface area contributed by atoms with Gasteiger partial charge in [-0.05, 0) is 24.3 Å². The van der Waals surface area contributed by atoms with Gasteiger partial charge in [0.1, 0.15) is 6.33 Å². The number of nitrogens with zero attached hydrogens (tertiary/aromatic N) is 3. The molecule has 0 unspecified atom stereocenters. The number of aromatic nitrogens is 3. The molecule has 0 bridgehead atoms. The van der Waals surface area contributed by atoms with E-state index < -0.39 is 0 Å². The van der Waals surface area contributed by atoms with E-state index in [2.05, 4.69) is 15.4 Å². The van der Waals surface area contributed by atoms with Crippen LogP contribution in [0, 0.1) is 0 Å². The Morgan fingerprint density at radius 3 is 2.67 bits per heavy atom. The van der Waals surface area contributed by atoms with E-state index >= 15 is 0 Å². The largest absolute Gasteiger partial charge is 0.298 e. The fraction of sp³-hybridized carbons (Fsp3) is 0. The highest BCUT2D eigenvalue weighted by molar-refractivity contribution is 5.72. The lowest BCUT2D eigenvalue weighted by atomic mass is 10.3. The van der Waals surface area contributed by atoms with Gasteiger partial charge in [0.25, 0.3) is 5.56 Å². The van der Waals surface area contributed by atoms with Crippen LogP contribution in [0.1, 0.15) is 0 Å². The van der Waals surface area contributed by atoms with Gasteiger partial charge in [0.05, 0.1) is 11.2 Å². The summed E-state index contributed by atoms with van der Waals surface area (Å²) in [5, 5.41) is 0. The van der Waals surface area contributed by atoms with E-state index in [1.54, 1.807) is 18.3 Å². The van der Waals surface area contributed by atoms with Gasteiger partial charge in [0.2, 0.25) is 0 Å². The molecule has 2 heterocycles. The predicted molar refractivity (Wildman–Crippen MR) is 69.3 cm³/mol. The van der Waals surface area contributed by atoms with Crippen LogP contribution >= 0.6 is 0 Å². The van der Waals surface area contributed by atoms with Crippen molar-refractivity contribution in [2.24, 2.45) is 0 Å². The molecule has 5 heteroatoms. The van der Waals surface area contributed by atoms with Crippen LogP contribution in [0.3, 0.4) is 0 Å². The van der Waals surface area contributed by atoms with Crippen LogP contribution in [-0.4, -0.2) is 14.6 Å². The summed E-state index contributed by atoms with van der Waals surface area (Å²) >= 11 is 0. The van der Waals surface area contributed by atoms with E-state index in [1.165, 1.54) is 11.0 Å². The highest BCUT2D eigenvalue weighted by Crippen LogP contribution is 2.05. The summed E-state index contributed by atoms with van der Waals surface area (Å²) in [6.45, 7) is 0. The number of hydrogen-bond acceptors (Lipinski definition) is 4. The van der Waals surface area contributed by atoms with Gasteiger partial charge in [0.15, 0.2) is 5.52 Å². The van der Waals surface area contributed by atoms with Crippen LogP contribution in [0.25, 0.3) is 11.0 Å². The van der Waals surface area contributed by atoms with Crippen LogP contribution < -0.4 is 11.0 Å². The summed E-state index contributed by atoms with van der Waals surface area (Å²) in [6, 6.07) is 12.9. The molecule has 1 N–H and O–H groups in total. The number of para-hydroxylation sites is 1. The standard InChI is InChI=1S/C13H10N4O/c18-13-12-11(7-4-8-14-12)15-9-17(13)16-10-5-2-1-3-6-10/h1-9,16H. The Labute approximate surface area is 103 Å². The molecule has 1 aromatic carbocycles. The highest BCUT2D eigenvalue weighted by atomic mass is 16.1. The van der Waals surface area contributed by atoms with E-state index in [-0.39, 0.29) is 5.56 Å². The lowest BCUT2D eigenvalue weighted by Crippen LogP contribution is -2.27. The summed E-state index contributed by atoms with van der Waals surface area (Å²) in [5.41, 5.74) is 4.51. The maximum absolute atomic E-state index is 12.1. The van der Waals surface area contributed by atoms with Crippen molar-refractivity contribution in [3.05, 3.63) is 65.3 Å². The van der Waals surface area contributed by atoms with Crippen molar-refractivity contribution in [2.45, 2.75) is 0 Å². The third-order valence-corrected chi connectivity index (χ3v) is 2.54. The Morgan fingerprint density at radius 2 is 1.83 bits per heavy atom. The molecule has 0 radical (unpaired) electrons. The molecule has 0 aliphatic heterocycles. The van der Waals surface area contributed by atoms with E-state index in [9.17, 15) is 4.79 Å². The van der Waals surface area contributed by atoms with Crippen molar-refractivity contribution in [3.63, 3.8) is 0 Å². The molecule has 88 valence electrons. The fourth-order valence-corrected chi connectivity index (χ4v) is 1.68. The molecule has 0 fully saturated rings. The second-order valence-corrected chi connectivity index (χ2v) is 3.77. The Balaban J connectivity index is 2.08. The van der Waals surface area contributed by atoms with Gasteiger partial charge in [-0.15, -0.1) is 0 Å². The smallest absolute Gasteiger partial charge is 0.290 e. The van der Waals surface area contributed by atoms with Crippen molar-refractivity contribution in [1.29, 1.82) is 0 Å². The van der Waals surface area contributed by atoms with Crippen molar-refractivity contribution in [3.8, 4) is 0 Å². The first kappa shape index (κ1) is 10.5. The zero-order chi connectivity index (χ0) is 12.4. The number of hydrogen-bond donors (Lipinski definition) is 1. The molecule has 0 saturated heterocycles. The van der Waals surface area contributed by atoms with Gasteiger partial charge in [-0.25, -0.2) is 14.6 Å². The Hall–Kier alpha value is -2.69. The second kappa shape index (κ2) is 4.29. The third kappa shape index (κ3) is 1.82. The topological polar surface area (TPSA) is 59.8 Å². The molecule has 0 atom stereocenters. The van der Waals surface area contributed by atoms with Gasteiger partial charge >= 0.3 is 0 Å². The van der Waals surface area contributed by atoms with E-state index in [0.717, 1.165) is 5.69 Å². The van der Waals surface area contributed by atoms with E-state index in [1.807, 2.05) is 30.3 Å². The van der Waals surface area contributed by atoms with Gasteiger partial charge in [0, 0.05) is 6.20 Å². The molecule has 2 aromatic heterocycles. The van der Waals surface area contributed by atoms with Crippen LogP contribution in [0.15, 0.2) is 59.8 Å². The normalized spacial score (nSPS) is 10.4. The van der Waals surface area contributed by atoms with Gasteiger partial charge in [-0.1, -0.05) is 18.2 Å². The molecule has 0 aliphatic carbocycles. The van der Waals surface area contributed by atoms with Crippen molar-refractivity contribution in [1.82, 2.24) is 14.6 Å². The quantitative estimate of drug-likeness (QED) is 0.737. The third-order valence-electron chi connectivity index (χ3n) is 2.54. The summed E-state index contributed by atoms with van der Waals surface area (Å²) in [7, 11) is 0. The zero-order valence-corrected chi connectivity index (χ0v) is 9.45. The first-order valence-corrected chi connectivity index (χ1v) is 5.49. The molecule has 3 rings (SSSR count). The number of fused-ring (bicyclic) bond motifs is 1. The molecule has 18 heavy (non-hydrogen) atoms. The Kier molecular flexibility index (Phi) is 2.49. The maximum atomic E-state index is 12.1. The number of rotatable bonds is 2. The van der Waals surface area contributed by atoms with Crippen LogP contribution in [0.5, 0.6) is 0 Å². The lowest BCUT2D eigenvalue weighted by molar-refractivity contribution is 0.875. The Morgan fingerprint density at radius 1 is 1.00 bits per heavy atom. The van der Waals surface area contributed by atoms with Gasteiger partial charge in [-0.3, -0.25) is 10.2 Å². The van der Waals surface area contributed by atoms with Gasteiger partial charge in [-0.2, -0.15) is 0 Å². The molecular weight excluding hydrogens is 228 g/mol. The first-order valence-electron chi connectivity index (χ1n) is 5.49. The van der Waals surface area contributed by atoms with E-state index in [0.29, 0.717) is 11.0 Å². The molecule has 5 nitrogen and oxygen atoms in total. The summed E-state index contributed by atoms with van der Waals surface area (Å²) in [6.07, 6.45) is 3.04. The number of nitrogens with one attached hydrogen (secondary N) is 1. The fourth-order valence-electron chi connectivity index (χ4n) is 1.68.